The molecule has 5 rings (SSSR count). The predicted molar refractivity (Wildman–Crippen MR) is 157 cm³/mol. The highest BCUT2D eigenvalue weighted by molar-refractivity contribution is 6.30. The summed E-state index contributed by atoms with van der Waals surface area (Å²) in [6.45, 7) is 0.474. The molecule has 0 saturated heterocycles. The van der Waals surface area contributed by atoms with Crippen LogP contribution in [-0.4, -0.2) is 38.9 Å². The number of rotatable bonds is 9. The Morgan fingerprint density at radius 3 is 2.29 bits per heavy atom. The van der Waals surface area contributed by atoms with Gasteiger partial charge in [-0.05, 0) is 72.0 Å². The quantitative estimate of drug-likeness (QED) is 0.212. The normalized spacial score (nSPS) is 11.0. The molecule has 0 aliphatic heterocycles. The Morgan fingerprint density at radius 2 is 1.56 bits per heavy atom. The van der Waals surface area contributed by atoms with E-state index < -0.39 is 11.8 Å². The highest BCUT2D eigenvalue weighted by atomic mass is 35.5. The van der Waals surface area contributed by atoms with Gasteiger partial charge in [0.15, 0.2) is 0 Å². The Labute approximate surface area is 242 Å². The SMILES string of the molecule is CN(Cc1ccccc1)C(=O)c1ccc2nc(-c3ccc(Cl)cc3)c(CCc3cc(F)cc(CC(=O)O)c3)nc2c1. The highest BCUT2D eigenvalue weighted by Gasteiger charge is 2.17. The lowest BCUT2D eigenvalue weighted by molar-refractivity contribution is -0.136. The van der Waals surface area contributed by atoms with Crippen LogP contribution in [-0.2, 0) is 30.6 Å². The summed E-state index contributed by atoms with van der Waals surface area (Å²) in [4.78, 5) is 35.9. The summed E-state index contributed by atoms with van der Waals surface area (Å²) in [6.07, 6.45) is 0.582. The molecule has 1 aromatic heterocycles. The summed E-state index contributed by atoms with van der Waals surface area (Å²) in [5, 5.41) is 9.73. The molecular formula is C33H27ClFN3O3. The van der Waals surface area contributed by atoms with E-state index in [-0.39, 0.29) is 12.3 Å². The van der Waals surface area contributed by atoms with Gasteiger partial charge in [0.1, 0.15) is 5.82 Å². The first kappa shape index (κ1) is 27.9. The zero-order valence-corrected chi connectivity index (χ0v) is 23.1. The van der Waals surface area contributed by atoms with Crippen LogP contribution in [0.4, 0.5) is 4.39 Å². The van der Waals surface area contributed by atoms with Crippen LogP contribution in [0.1, 0.15) is 32.7 Å². The molecule has 206 valence electrons. The molecule has 1 N–H and O–H groups in total. The molecule has 0 aliphatic carbocycles. The van der Waals surface area contributed by atoms with Crippen LogP contribution in [0, 0.1) is 5.82 Å². The number of halogens is 2. The van der Waals surface area contributed by atoms with Crippen molar-refractivity contribution in [1.29, 1.82) is 0 Å². The minimum Gasteiger partial charge on any atom is -0.481 e. The molecule has 0 spiro atoms. The molecule has 4 aromatic carbocycles. The predicted octanol–water partition coefficient (Wildman–Crippen LogP) is 6.77. The molecule has 6 nitrogen and oxygen atoms in total. The van der Waals surface area contributed by atoms with Crippen LogP contribution >= 0.6 is 11.6 Å². The van der Waals surface area contributed by atoms with Gasteiger partial charge in [0.2, 0.25) is 0 Å². The summed E-state index contributed by atoms with van der Waals surface area (Å²) in [5.41, 5.74) is 5.96. The first-order chi connectivity index (χ1) is 19.7. The molecule has 1 heterocycles. The van der Waals surface area contributed by atoms with Crippen LogP contribution in [0.15, 0.2) is 91.0 Å². The molecule has 0 fully saturated rings. The van der Waals surface area contributed by atoms with Gasteiger partial charge in [-0.3, -0.25) is 9.59 Å². The fourth-order valence-corrected chi connectivity index (χ4v) is 4.91. The Kier molecular flexibility index (Phi) is 8.36. The summed E-state index contributed by atoms with van der Waals surface area (Å²) in [5.74, 6) is -1.64. The molecule has 0 unspecified atom stereocenters. The first-order valence-electron chi connectivity index (χ1n) is 13.1. The van der Waals surface area contributed by atoms with Crippen molar-refractivity contribution < 1.29 is 19.1 Å². The topological polar surface area (TPSA) is 83.4 Å². The number of aryl methyl sites for hydroxylation is 2. The second-order valence-corrected chi connectivity index (χ2v) is 10.4. The van der Waals surface area contributed by atoms with E-state index in [2.05, 4.69) is 0 Å². The number of nitrogens with zero attached hydrogens (tertiary/aromatic N) is 3. The second kappa shape index (κ2) is 12.3. The van der Waals surface area contributed by atoms with Gasteiger partial charge < -0.3 is 10.0 Å². The lowest BCUT2D eigenvalue weighted by Crippen LogP contribution is -2.26. The van der Waals surface area contributed by atoms with Crippen molar-refractivity contribution in [1.82, 2.24) is 14.9 Å². The highest BCUT2D eigenvalue weighted by Crippen LogP contribution is 2.27. The number of hydrogen-bond acceptors (Lipinski definition) is 4. The van der Waals surface area contributed by atoms with Gasteiger partial charge in [0.25, 0.3) is 5.91 Å². The second-order valence-electron chi connectivity index (χ2n) is 9.91. The molecule has 0 bridgehead atoms. The number of hydrogen-bond donors (Lipinski definition) is 1. The van der Waals surface area contributed by atoms with Gasteiger partial charge in [0.05, 0.1) is 28.8 Å². The van der Waals surface area contributed by atoms with Crippen molar-refractivity contribution >= 4 is 34.5 Å². The number of amides is 1. The maximum atomic E-state index is 14.2. The number of aliphatic carboxylic acids is 1. The first-order valence-corrected chi connectivity index (χ1v) is 13.5. The third-order valence-corrected chi connectivity index (χ3v) is 6.99. The van der Waals surface area contributed by atoms with Crippen molar-refractivity contribution in [3.05, 3.63) is 130 Å². The number of carbonyl (C=O) groups excluding carboxylic acids is 1. The minimum absolute atomic E-state index is 0.133. The standard InChI is InChI=1S/C33H27ClFN3O3/c1-38(20-21-5-3-2-4-6-21)33(41)25-10-14-28-30(19-25)36-29(32(37-28)24-8-11-26(34)12-9-24)13-7-22-15-23(18-31(39)40)17-27(35)16-22/h2-6,8-12,14-17,19H,7,13,18,20H2,1H3,(H,39,40). The van der Waals surface area contributed by atoms with Gasteiger partial charge in [-0.25, -0.2) is 14.4 Å². The molecule has 0 atom stereocenters. The molecule has 0 aliphatic rings. The summed E-state index contributed by atoms with van der Waals surface area (Å²) in [7, 11) is 1.76. The third kappa shape index (κ3) is 6.94. The van der Waals surface area contributed by atoms with Crippen molar-refractivity contribution in [2.45, 2.75) is 25.8 Å². The van der Waals surface area contributed by atoms with Crippen molar-refractivity contribution in [3.63, 3.8) is 0 Å². The molecule has 1 amide bonds. The fraction of sp³-hybridized carbons (Fsp3) is 0.152. The Morgan fingerprint density at radius 1 is 0.829 bits per heavy atom. The molecule has 41 heavy (non-hydrogen) atoms. The Balaban J connectivity index is 1.48. The molecule has 0 saturated carbocycles. The monoisotopic (exact) mass is 567 g/mol. The van der Waals surface area contributed by atoms with Crippen LogP contribution in [0.2, 0.25) is 5.02 Å². The lowest BCUT2D eigenvalue weighted by Gasteiger charge is -2.18. The number of carboxylic acid groups (broad SMARTS) is 1. The van der Waals surface area contributed by atoms with Gasteiger partial charge in [-0.15, -0.1) is 0 Å². The summed E-state index contributed by atoms with van der Waals surface area (Å²) >= 11 is 6.12. The number of fused-ring (bicyclic) bond motifs is 1. The van der Waals surface area contributed by atoms with E-state index in [9.17, 15) is 14.0 Å². The van der Waals surface area contributed by atoms with Gasteiger partial charge in [0, 0.05) is 29.7 Å². The van der Waals surface area contributed by atoms with E-state index in [0.717, 1.165) is 11.1 Å². The number of carboxylic acids is 1. The van der Waals surface area contributed by atoms with E-state index in [1.807, 2.05) is 42.5 Å². The maximum absolute atomic E-state index is 14.2. The van der Waals surface area contributed by atoms with Gasteiger partial charge in [-0.2, -0.15) is 0 Å². The third-order valence-electron chi connectivity index (χ3n) is 6.73. The Bertz CT molecular complexity index is 1730. The molecule has 8 heteroatoms. The van der Waals surface area contributed by atoms with Gasteiger partial charge >= 0.3 is 5.97 Å². The van der Waals surface area contributed by atoms with Crippen LogP contribution in [0.5, 0.6) is 0 Å². The van der Waals surface area contributed by atoms with Crippen molar-refractivity contribution in [2.24, 2.45) is 0 Å². The minimum atomic E-state index is -1.02. The van der Waals surface area contributed by atoms with E-state index in [1.165, 1.54) is 12.1 Å². The molecule has 5 aromatic rings. The average Bonchev–Trinajstić information content (AvgIpc) is 2.95. The van der Waals surface area contributed by atoms with E-state index in [0.29, 0.717) is 63.5 Å². The molecular weight excluding hydrogens is 541 g/mol. The lowest BCUT2D eigenvalue weighted by atomic mass is 10.0. The average molecular weight is 568 g/mol. The summed E-state index contributed by atoms with van der Waals surface area (Å²) < 4.78 is 14.2. The fourth-order valence-electron chi connectivity index (χ4n) is 4.79. The van der Waals surface area contributed by atoms with E-state index in [1.54, 1.807) is 48.3 Å². The molecule has 0 radical (unpaired) electrons. The largest absolute Gasteiger partial charge is 0.481 e. The van der Waals surface area contributed by atoms with E-state index >= 15 is 0 Å². The number of carbonyl (C=O) groups is 2. The summed E-state index contributed by atoms with van der Waals surface area (Å²) in [6, 6.07) is 26.7. The van der Waals surface area contributed by atoms with Crippen molar-refractivity contribution in [2.75, 3.05) is 7.05 Å². The van der Waals surface area contributed by atoms with Crippen LogP contribution < -0.4 is 0 Å². The van der Waals surface area contributed by atoms with Crippen LogP contribution in [0.25, 0.3) is 22.3 Å². The van der Waals surface area contributed by atoms with Gasteiger partial charge in [-0.1, -0.05) is 60.1 Å². The zero-order chi connectivity index (χ0) is 28.9. The van der Waals surface area contributed by atoms with E-state index in [4.69, 9.17) is 26.7 Å². The van der Waals surface area contributed by atoms with Crippen molar-refractivity contribution in [3.8, 4) is 11.3 Å². The number of aromatic nitrogens is 2. The smallest absolute Gasteiger partial charge is 0.307 e. The zero-order valence-electron chi connectivity index (χ0n) is 22.3. The Hall–Kier alpha value is -4.62. The van der Waals surface area contributed by atoms with Crippen LogP contribution in [0.3, 0.4) is 0 Å². The number of benzene rings is 4. The maximum Gasteiger partial charge on any atom is 0.307 e.